The van der Waals surface area contributed by atoms with Crippen LogP contribution in [0.15, 0.2) is 24.3 Å². The van der Waals surface area contributed by atoms with E-state index >= 15 is 0 Å². The standard InChI is InChI=1S/C13H15F2NO/c1-2-10-3-5-11(6-4-10)16-8-7-13(14,15)9-12(16)17/h3-6H,2,7-9H2,1H3. The third-order valence-electron chi connectivity index (χ3n) is 3.07. The average molecular weight is 239 g/mol. The molecule has 4 heteroatoms. The second-order valence-corrected chi connectivity index (χ2v) is 4.35. The topological polar surface area (TPSA) is 20.3 Å². The van der Waals surface area contributed by atoms with Crippen molar-refractivity contribution in [2.45, 2.75) is 32.1 Å². The molecule has 0 unspecified atom stereocenters. The van der Waals surface area contributed by atoms with Gasteiger partial charge in [-0.25, -0.2) is 8.78 Å². The Balaban J connectivity index is 2.15. The molecule has 1 aromatic rings. The van der Waals surface area contributed by atoms with E-state index in [-0.39, 0.29) is 13.0 Å². The smallest absolute Gasteiger partial charge is 0.258 e. The summed E-state index contributed by atoms with van der Waals surface area (Å²) < 4.78 is 26.0. The number of hydrogen-bond donors (Lipinski definition) is 0. The van der Waals surface area contributed by atoms with Gasteiger partial charge < -0.3 is 4.90 Å². The molecule has 0 saturated carbocycles. The first-order chi connectivity index (χ1) is 8.02. The van der Waals surface area contributed by atoms with Gasteiger partial charge in [0.2, 0.25) is 5.91 Å². The molecular formula is C13H15F2NO. The first kappa shape index (κ1) is 12.0. The van der Waals surface area contributed by atoms with E-state index in [2.05, 4.69) is 0 Å². The third-order valence-corrected chi connectivity index (χ3v) is 3.07. The fraction of sp³-hybridized carbons (Fsp3) is 0.462. The molecule has 1 heterocycles. The fourth-order valence-corrected chi connectivity index (χ4v) is 1.99. The number of nitrogens with zero attached hydrogens (tertiary/aromatic N) is 1. The minimum absolute atomic E-state index is 0.0945. The molecule has 0 aromatic heterocycles. The van der Waals surface area contributed by atoms with Crippen LogP contribution in [-0.4, -0.2) is 18.4 Å². The van der Waals surface area contributed by atoms with Crippen LogP contribution in [0.2, 0.25) is 0 Å². The second-order valence-electron chi connectivity index (χ2n) is 4.35. The molecular weight excluding hydrogens is 224 g/mol. The van der Waals surface area contributed by atoms with E-state index < -0.39 is 18.3 Å². The summed E-state index contributed by atoms with van der Waals surface area (Å²) in [4.78, 5) is 13.1. The predicted molar refractivity (Wildman–Crippen MR) is 62.4 cm³/mol. The summed E-state index contributed by atoms with van der Waals surface area (Å²) in [6, 6.07) is 7.49. The van der Waals surface area contributed by atoms with Crippen molar-refractivity contribution in [1.82, 2.24) is 0 Å². The number of carbonyl (C=O) groups excluding carboxylic acids is 1. The number of amides is 1. The molecule has 92 valence electrons. The Labute approximate surface area is 99.2 Å². The Kier molecular flexibility index (Phi) is 3.13. The van der Waals surface area contributed by atoms with Gasteiger partial charge >= 0.3 is 0 Å². The first-order valence-corrected chi connectivity index (χ1v) is 5.79. The highest BCUT2D eigenvalue weighted by Gasteiger charge is 2.39. The zero-order chi connectivity index (χ0) is 12.5. The minimum Gasteiger partial charge on any atom is -0.312 e. The molecule has 2 rings (SSSR count). The Morgan fingerprint density at radius 2 is 1.94 bits per heavy atom. The van der Waals surface area contributed by atoms with E-state index in [1.807, 2.05) is 31.2 Å². The summed E-state index contributed by atoms with van der Waals surface area (Å²) in [5.74, 6) is -3.33. The number of carbonyl (C=O) groups is 1. The highest BCUT2D eigenvalue weighted by molar-refractivity contribution is 5.94. The van der Waals surface area contributed by atoms with Gasteiger partial charge in [0.05, 0.1) is 6.42 Å². The lowest BCUT2D eigenvalue weighted by Gasteiger charge is -2.31. The van der Waals surface area contributed by atoms with Gasteiger partial charge in [-0.2, -0.15) is 0 Å². The molecule has 0 atom stereocenters. The van der Waals surface area contributed by atoms with Gasteiger partial charge in [-0.3, -0.25) is 4.79 Å². The number of piperidine rings is 1. The van der Waals surface area contributed by atoms with E-state index in [4.69, 9.17) is 0 Å². The zero-order valence-electron chi connectivity index (χ0n) is 9.75. The van der Waals surface area contributed by atoms with Crippen molar-refractivity contribution in [3.63, 3.8) is 0 Å². The molecule has 0 spiro atoms. The Morgan fingerprint density at radius 1 is 1.29 bits per heavy atom. The summed E-state index contributed by atoms with van der Waals surface area (Å²) in [5, 5.41) is 0. The van der Waals surface area contributed by atoms with Crippen molar-refractivity contribution in [3.05, 3.63) is 29.8 Å². The lowest BCUT2D eigenvalue weighted by molar-refractivity contribution is -0.129. The average Bonchev–Trinajstić information content (AvgIpc) is 2.28. The van der Waals surface area contributed by atoms with Crippen LogP contribution < -0.4 is 4.90 Å². The van der Waals surface area contributed by atoms with Gasteiger partial charge in [0.15, 0.2) is 0 Å². The van der Waals surface area contributed by atoms with Crippen LogP contribution in [0.25, 0.3) is 0 Å². The molecule has 1 fully saturated rings. The van der Waals surface area contributed by atoms with Crippen LogP contribution in [0.4, 0.5) is 14.5 Å². The van der Waals surface area contributed by atoms with Gasteiger partial charge in [-0.15, -0.1) is 0 Å². The van der Waals surface area contributed by atoms with Gasteiger partial charge in [-0.05, 0) is 24.1 Å². The van der Waals surface area contributed by atoms with Crippen molar-refractivity contribution in [2.24, 2.45) is 0 Å². The molecule has 1 aromatic carbocycles. The van der Waals surface area contributed by atoms with Crippen molar-refractivity contribution in [2.75, 3.05) is 11.4 Å². The quantitative estimate of drug-likeness (QED) is 0.776. The van der Waals surface area contributed by atoms with E-state index in [9.17, 15) is 13.6 Å². The SMILES string of the molecule is CCc1ccc(N2CCC(F)(F)CC2=O)cc1. The summed E-state index contributed by atoms with van der Waals surface area (Å²) in [7, 11) is 0. The van der Waals surface area contributed by atoms with Crippen LogP contribution in [-0.2, 0) is 11.2 Å². The number of rotatable bonds is 2. The van der Waals surface area contributed by atoms with Crippen LogP contribution in [0.5, 0.6) is 0 Å². The number of aryl methyl sites for hydroxylation is 1. The molecule has 1 amide bonds. The Bertz CT molecular complexity index is 414. The first-order valence-electron chi connectivity index (χ1n) is 5.79. The van der Waals surface area contributed by atoms with Crippen molar-refractivity contribution in [3.8, 4) is 0 Å². The van der Waals surface area contributed by atoms with E-state index in [0.29, 0.717) is 5.69 Å². The molecule has 17 heavy (non-hydrogen) atoms. The van der Waals surface area contributed by atoms with Crippen molar-refractivity contribution < 1.29 is 13.6 Å². The van der Waals surface area contributed by atoms with Crippen LogP contribution in [0.3, 0.4) is 0 Å². The maximum Gasteiger partial charge on any atom is 0.258 e. The predicted octanol–water partition coefficient (Wildman–Crippen LogP) is 3.01. The molecule has 0 radical (unpaired) electrons. The molecule has 2 nitrogen and oxygen atoms in total. The minimum atomic E-state index is -2.84. The number of benzene rings is 1. The van der Waals surface area contributed by atoms with Gasteiger partial charge in [0, 0.05) is 18.7 Å². The fourth-order valence-electron chi connectivity index (χ4n) is 1.99. The van der Waals surface area contributed by atoms with Gasteiger partial charge in [0.25, 0.3) is 5.92 Å². The summed E-state index contributed by atoms with van der Waals surface area (Å²) in [6.45, 7) is 2.14. The monoisotopic (exact) mass is 239 g/mol. The number of halogens is 2. The molecule has 1 saturated heterocycles. The van der Waals surface area contributed by atoms with Crippen molar-refractivity contribution >= 4 is 11.6 Å². The van der Waals surface area contributed by atoms with Crippen LogP contribution in [0.1, 0.15) is 25.3 Å². The normalized spacial score (nSPS) is 19.5. The largest absolute Gasteiger partial charge is 0.312 e. The van der Waals surface area contributed by atoms with E-state index in [0.717, 1.165) is 6.42 Å². The zero-order valence-corrected chi connectivity index (χ0v) is 9.75. The Hall–Kier alpha value is -1.45. The molecule has 1 aliphatic rings. The number of anilines is 1. The molecule has 0 N–H and O–H groups in total. The second kappa shape index (κ2) is 4.43. The maximum absolute atomic E-state index is 13.0. The summed E-state index contributed by atoms with van der Waals surface area (Å²) >= 11 is 0. The molecule has 0 bridgehead atoms. The lowest BCUT2D eigenvalue weighted by atomic mass is 10.0. The summed E-state index contributed by atoms with van der Waals surface area (Å²) in [6.07, 6.45) is -0.0108. The number of alkyl halides is 2. The maximum atomic E-state index is 13.0. The van der Waals surface area contributed by atoms with Crippen LogP contribution >= 0.6 is 0 Å². The van der Waals surface area contributed by atoms with Gasteiger partial charge in [-0.1, -0.05) is 19.1 Å². The Morgan fingerprint density at radius 3 is 2.47 bits per heavy atom. The highest BCUT2D eigenvalue weighted by atomic mass is 19.3. The van der Waals surface area contributed by atoms with Crippen molar-refractivity contribution in [1.29, 1.82) is 0 Å². The van der Waals surface area contributed by atoms with Crippen LogP contribution in [0, 0.1) is 0 Å². The lowest BCUT2D eigenvalue weighted by Crippen LogP contribution is -2.43. The highest BCUT2D eigenvalue weighted by Crippen LogP contribution is 2.31. The summed E-state index contributed by atoms with van der Waals surface area (Å²) in [5.41, 5.74) is 1.88. The van der Waals surface area contributed by atoms with E-state index in [1.165, 1.54) is 10.5 Å². The third kappa shape index (κ3) is 2.62. The van der Waals surface area contributed by atoms with Gasteiger partial charge in [0.1, 0.15) is 0 Å². The number of hydrogen-bond acceptors (Lipinski definition) is 1. The molecule has 0 aliphatic carbocycles. The van der Waals surface area contributed by atoms with E-state index in [1.54, 1.807) is 0 Å². The molecule has 1 aliphatic heterocycles.